The Morgan fingerprint density at radius 1 is 1.18 bits per heavy atom. The number of rotatable bonds is 6. The van der Waals surface area contributed by atoms with Gasteiger partial charge in [-0.1, -0.05) is 24.3 Å². The van der Waals surface area contributed by atoms with Crippen molar-refractivity contribution in [2.75, 3.05) is 19.0 Å². The van der Waals surface area contributed by atoms with Gasteiger partial charge in [0.05, 0.1) is 25.3 Å². The summed E-state index contributed by atoms with van der Waals surface area (Å²) < 4.78 is 11.0. The van der Waals surface area contributed by atoms with Crippen LogP contribution in [-0.4, -0.2) is 24.7 Å². The molecule has 3 N–H and O–H groups in total. The van der Waals surface area contributed by atoms with Crippen molar-refractivity contribution < 1.29 is 14.3 Å². The van der Waals surface area contributed by atoms with Crippen molar-refractivity contribution in [2.24, 2.45) is 0 Å². The first-order chi connectivity index (χ1) is 13.5. The average molecular weight is 398 g/mol. The van der Waals surface area contributed by atoms with E-state index in [4.69, 9.17) is 21.7 Å². The number of hydrogen-bond acceptors (Lipinski definition) is 4. The summed E-state index contributed by atoms with van der Waals surface area (Å²) in [7, 11) is 1.59. The van der Waals surface area contributed by atoms with Gasteiger partial charge < -0.3 is 25.4 Å². The molecule has 6 nitrogen and oxygen atoms in total. The maximum Gasteiger partial charge on any atom is 0.255 e. The Morgan fingerprint density at radius 3 is 2.61 bits per heavy atom. The maximum absolute atomic E-state index is 13.0. The first-order valence-electron chi connectivity index (χ1n) is 8.99. The fourth-order valence-corrected chi connectivity index (χ4v) is 3.37. The Kier molecular flexibility index (Phi) is 6.16. The van der Waals surface area contributed by atoms with Gasteiger partial charge in [-0.05, 0) is 55.9 Å². The molecule has 0 saturated heterocycles. The molecule has 1 heterocycles. The summed E-state index contributed by atoms with van der Waals surface area (Å²) in [6.45, 7) is 4.29. The molecule has 2 aromatic rings. The lowest BCUT2D eigenvalue weighted by Gasteiger charge is -2.30. The standard InChI is InChI=1S/C21H23N3O3S/c1-4-27-16-11-10-14(12-17(16)26-3)19-18(13(2)22-21(28)24-19)20(25)23-15-8-6-5-7-9-15/h5-12,19H,4H2,1-3H3,(H,23,25)(H2,22,24,28). The van der Waals surface area contributed by atoms with Gasteiger partial charge in [0.25, 0.3) is 5.91 Å². The van der Waals surface area contributed by atoms with Gasteiger partial charge >= 0.3 is 0 Å². The van der Waals surface area contributed by atoms with Gasteiger partial charge in [-0.2, -0.15) is 0 Å². The van der Waals surface area contributed by atoms with Crippen LogP contribution in [0.3, 0.4) is 0 Å². The van der Waals surface area contributed by atoms with Crippen LogP contribution in [0.1, 0.15) is 25.5 Å². The number of hydrogen-bond donors (Lipinski definition) is 3. The highest BCUT2D eigenvalue weighted by atomic mass is 32.1. The smallest absolute Gasteiger partial charge is 0.255 e. The van der Waals surface area contributed by atoms with Crippen LogP contribution in [-0.2, 0) is 4.79 Å². The number of allylic oxidation sites excluding steroid dienone is 1. The van der Waals surface area contributed by atoms with Gasteiger partial charge in [0, 0.05) is 11.4 Å². The zero-order valence-corrected chi connectivity index (χ0v) is 16.9. The normalized spacial score (nSPS) is 16.1. The van der Waals surface area contributed by atoms with Crippen LogP contribution in [0.25, 0.3) is 0 Å². The van der Waals surface area contributed by atoms with Crippen LogP contribution < -0.4 is 25.4 Å². The second-order valence-corrected chi connectivity index (χ2v) is 6.64. The van der Waals surface area contributed by atoms with Crippen LogP contribution in [0.2, 0.25) is 0 Å². The molecule has 0 saturated carbocycles. The Morgan fingerprint density at radius 2 is 1.93 bits per heavy atom. The first kappa shape index (κ1) is 19.7. The minimum absolute atomic E-state index is 0.205. The van der Waals surface area contributed by atoms with E-state index in [9.17, 15) is 4.79 Å². The molecule has 146 valence electrons. The van der Waals surface area contributed by atoms with Crippen molar-refractivity contribution in [2.45, 2.75) is 19.9 Å². The van der Waals surface area contributed by atoms with E-state index in [0.29, 0.717) is 34.5 Å². The first-order valence-corrected chi connectivity index (χ1v) is 9.39. The molecular weight excluding hydrogens is 374 g/mol. The molecule has 1 amide bonds. The number of anilines is 1. The van der Waals surface area contributed by atoms with Gasteiger partial charge in [0.2, 0.25) is 0 Å². The van der Waals surface area contributed by atoms with Crippen molar-refractivity contribution >= 4 is 28.9 Å². The zero-order chi connectivity index (χ0) is 20.1. The highest BCUT2D eigenvalue weighted by Gasteiger charge is 2.30. The van der Waals surface area contributed by atoms with E-state index in [2.05, 4.69) is 16.0 Å². The summed E-state index contributed by atoms with van der Waals surface area (Å²) >= 11 is 5.31. The van der Waals surface area contributed by atoms with Crippen molar-refractivity contribution in [3.63, 3.8) is 0 Å². The number of carbonyl (C=O) groups is 1. The lowest BCUT2D eigenvalue weighted by molar-refractivity contribution is -0.113. The molecule has 1 aliphatic rings. The molecule has 1 unspecified atom stereocenters. The third-order valence-electron chi connectivity index (χ3n) is 4.37. The summed E-state index contributed by atoms with van der Waals surface area (Å²) in [5, 5.41) is 9.63. The largest absolute Gasteiger partial charge is 0.493 e. The minimum Gasteiger partial charge on any atom is -0.493 e. The fourth-order valence-electron chi connectivity index (χ4n) is 3.10. The summed E-state index contributed by atoms with van der Waals surface area (Å²) in [5.74, 6) is 1.05. The second kappa shape index (κ2) is 8.75. The molecule has 1 atom stereocenters. The van der Waals surface area contributed by atoms with Crippen LogP contribution >= 0.6 is 12.2 Å². The van der Waals surface area contributed by atoms with Crippen LogP contribution in [0, 0.1) is 0 Å². The molecular formula is C21H23N3O3S. The van der Waals surface area contributed by atoms with Gasteiger partial charge in [-0.25, -0.2) is 0 Å². The zero-order valence-electron chi connectivity index (χ0n) is 16.0. The monoisotopic (exact) mass is 397 g/mol. The number of methoxy groups -OCH3 is 1. The lowest BCUT2D eigenvalue weighted by Crippen LogP contribution is -2.45. The van der Waals surface area contributed by atoms with E-state index in [0.717, 1.165) is 11.3 Å². The van der Waals surface area contributed by atoms with Gasteiger partial charge in [0.15, 0.2) is 16.6 Å². The van der Waals surface area contributed by atoms with Crippen molar-refractivity contribution in [1.29, 1.82) is 0 Å². The van der Waals surface area contributed by atoms with E-state index >= 15 is 0 Å². The molecule has 0 spiro atoms. The average Bonchev–Trinajstić information content (AvgIpc) is 2.68. The van der Waals surface area contributed by atoms with E-state index in [1.54, 1.807) is 7.11 Å². The maximum atomic E-state index is 13.0. The molecule has 0 aromatic heterocycles. The van der Waals surface area contributed by atoms with Crippen molar-refractivity contribution in [1.82, 2.24) is 10.6 Å². The number of ether oxygens (including phenoxy) is 2. The Balaban J connectivity index is 1.96. The summed E-state index contributed by atoms with van der Waals surface area (Å²) in [6.07, 6.45) is 0. The molecule has 7 heteroatoms. The highest BCUT2D eigenvalue weighted by Crippen LogP contribution is 2.34. The van der Waals surface area contributed by atoms with E-state index in [1.807, 2.05) is 62.4 Å². The van der Waals surface area contributed by atoms with E-state index in [1.165, 1.54) is 0 Å². The molecule has 3 rings (SSSR count). The highest BCUT2D eigenvalue weighted by molar-refractivity contribution is 7.80. The second-order valence-electron chi connectivity index (χ2n) is 6.23. The minimum atomic E-state index is -0.415. The lowest BCUT2D eigenvalue weighted by atomic mass is 9.94. The number of amides is 1. The summed E-state index contributed by atoms with van der Waals surface area (Å²) in [5.41, 5.74) is 2.84. The van der Waals surface area contributed by atoms with Crippen LogP contribution in [0.15, 0.2) is 59.8 Å². The van der Waals surface area contributed by atoms with Gasteiger partial charge in [-0.3, -0.25) is 4.79 Å². The third-order valence-corrected chi connectivity index (χ3v) is 4.59. The van der Waals surface area contributed by atoms with Gasteiger partial charge in [0.1, 0.15) is 0 Å². The molecule has 2 aromatic carbocycles. The van der Waals surface area contributed by atoms with E-state index in [-0.39, 0.29) is 5.91 Å². The molecule has 0 aliphatic carbocycles. The summed E-state index contributed by atoms with van der Waals surface area (Å²) in [4.78, 5) is 13.0. The number of carbonyl (C=O) groups excluding carboxylic acids is 1. The van der Waals surface area contributed by atoms with Crippen molar-refractivity contribution in [3.8, 4) is 11.5 Å². The number of nitrogens with one attached hydrogen (secondary N) is 3. The van der Waals surface area contributed by atoms with Crippen LogP contribution in [0.4, 0.5) is 5.69 Å². The predicted octanol–water partition coefficient (Wildman–Crippen LogP) is 3.53. The quantitative estimate of drug-likeness (QED) is 0.648. The molecule has 0 fully saturated rings. The molecule has 0 radical (unpaired) electrons. The molecule has 0 bridgehead atoms. The SMILES string of the molecule is CCOc1ccc(C2NC(=S)NC(C)=C2C(=O)Nc2ccccc2)cc1OC. The fraction of sp³-hybridized carbons (Fsp3) is 0.238. The van der Waals surface area contributed by atoms with E-state index < -0.39 is 6.04 Å². The number of benzene rings is 2. The van der Waals surface area contributed by atoms with Crippen LogP contribution in [0.5, 0.6) is 11.5 Å². The molecule has 1 aliphatic heterocycles. The van der Waals surface area contributed by atoms with Gasteiger partial charge in [-0.15, -0.1) is 0 Å². The Hall–Kier alpha value is -3.06. The Bertz CT molecular complexity index is 912. The summed E-state index contributed by atoms with van der Waals surface area (Å²) in [6, 6.07) is 14.5. The van der Waals surface area contributed by atoms with Crippen molar-refractivity contribution in [3.05, 3.63) is 65.4 Å². The third kappa shape index (κ3) is 4.26. The topological polar surface area (TPSA) is 71.6 Å². The number of thiocarbonyl (C=S) groups is 1. The Labute approximate surface area is 169 Å². The predicted molar refractivity (Wildman–Crippen MR) is 114 cm³/mol. The number of para-hydroxylation sites is 1. The molecule has 28 heavy (non-hydrogen) atoms.